The molecule has 2 aromatic heterocycles. The molecule has 0 saturated carbocycles. The van der Waals surface area contributed by atoms with Crippen molar-refractivity contribution in [1.82, 2.24) is 40.3 Å². The number of piperazine rings is 1. The zero-order valence-electron chi connectivity index (χ0n) is 39.2. The highest BCUT2D eigenvalue weighted by atomic mass is 19.1. The van der Waals surface area contributed by atoms with E-state index in [1.807, 2.05) is 12.1 Å². The summed E-state index contributed by atoms with van der Waals surface area (Å²) in [7, 11) is 0. The molecule has 4 amide bonds. The number of benzene rings is 3. The third-order valence-corrected chi connectivity index (χ3v) is 16.2. The van der Waals surface area contributed by atoms with Crippen molar-refractivity contribution in [2.24, 2.45) is 0 Å². The van der Waals surface area contributed by atoms with E-state index in [-0.39, 0.29) is 84.4 Å². The summed E-state index contributed by atoms with van der Waals surface area (Å²) in [5.74, 6) is 0.988. The van der Waals surface area contributed by atoms with E-state index in [9.17, 15) is 19.2 Å². The lowest BCUT2D eigenvalue weighted by atomic mass is 9.88. The number of piperidine rings is 2. The SMILES string of the molecule is C#Cc1c(F)ccc2cccc(-c3ncc4c(N5C[C@H]6CC[C@@H](C5)N6)nc(OC[C@@]56CC[C@@H](COC(=O)N7CCC(c8ccc9c(c8)CN(C8CCC(=O)NC8=O)C9=O)CC7)N5CC(=C)C6)nc4c3F)c12. The molecule has 0 radical (unpaired) electrons. The first-order chi connectivity index (χ1) is 34.4. The number of aromatic nitrogens is 3. The molecule has 7 aliphatic rings. The average Bonchev–Trinajstić information content (AvgIpc) is 4.10. The first-order valence-corrected chi connectivity index (χ1v) is 24.7. The number of pyridine rings is 1. The quantitative estimate of drug-likeness (QED) is 0.0957. The second kappa shape index (κ2) is 17.7. The number of carbonyl (C=O) groups excluding carboxylic acids is 4. The smallest absolute Gasteiger partial charge is 0.409 e. The lowest BCUT2D eigenvalue weighted by Crippen LogP contribution is -2.52. The van der Waals surface area contributed by atoms with Crippen molar-refractivity contribution in [1.29, 1.82) is 0 Å². The van der Waals surface area contributed by atoms with Gasteiger partial charge in [0.05, 0.1) is 16.5 Å². The molecule has 9 heterocycles. The summed E-state index contributed by atoms with van der Waals surface area (Å²) in [5, 5.41) is 7.52. The third kappa shape index (κ3) is 7.92. The lowest BCUT2D eigenvalue weighted by molar-refractivity contribution is -0.136. The van der Waals surface area contributed by atoms with E-state index in [0.29, 0.717) is 85.2 Å². The molecule has 5 atom stereocenters. The van der Waals surface area contributed by atoms with Crippen LogP contribution in [0.3, 0.4) is 0 Å². The number of hydrogen-bond donors (Lipinski definition) is 2. The Morgan fingerprint density at radius 1 is 0.958 bits per heavy atom. The van der Waals surface area contributed by atoms with Crippen molar-refractivity contribution in [2.45, 2.75) is 100.0 Å². The van der Waals surface area contributed by atoms with Crippen LogP contribution in [0, 0.1) is 24.0 Å². The topological polar surface area (TPSA) is 162 Å². The van der Waals surface area contributed by atoms with Gasteiger partial charge in [-0.05, 0) is 85.9 Å². The normalized spacial score (nSPS) is 25.5. The molecule has 3 aromatic carbocycles. The summed E-state index contributed by atoms with van der Waals surface area (Å²) in [6.45, 7) is 8.13. The number of imide groups is 1. The van der Waals surface area contributed by atoms with Crippen LogP contribution < -0.4 is 20.3 Å². The maximum absolute atomic E-state index is 17.2. The van der Waals surface area contributed by atoms with Crippen molar-refractivity contribution in [3.05, 3.63) is 101 Å². The number of hydrogen-bond acceptors (Lipinski definition) is 12. The van der Waals surface area contributed by atoms with Gasteiger partial charge in [-0.2, -0.15) is 9.97 Å². The molecule has 2 bridgehead atoms. The molecule has 6 saturated heterocycles. The zero-order chi connectivity index (χ0) is 48.7. The van der Waals surface area contributed by atoms with Crippen LogP contribution in [0.2, 0.25) is 0 Å². The Kier molecular flexibility index (Phi) is 11.2. The van der Waals surface area contributed by atoms with Gasteiger partial charge in [0.2, 0.25) is 11.8 Å². The van der Waals surface area contributed by atoms with E-state index >= 15 is 8.78 Å². The van der Waals surface area contributed by atoms with E-state index in [1.165, 1.54) is 6.07 Å². The number of likely N-dealkylation sites (tertiary alicyclic amines) is 1. The Morgan fingerprint density at radius 2 is 1.77 bits per heavy atom. The van der Waals surface area contributed by atoms with Crippen LogP contribution in [-0.2, 0) is 20.9 Å². The van der Waals surface area contributed by atoms with Crippen molar-refractivity contribution in [3.8, 4) is 29.6 Å². The highest BCUT2D eigenvalue weighted by molar-refractivity contribution is 6.05. The number of nitrogens with zero attached hydrogens (tertiary/aromatic N) is 7. The molecule has 5 aromatic rings. The number of rotatable bonds is 9. The van der Waals surface area contributed by atoms with Gasteiger partial charge in [-0.15, -0.1) is 6.42 Å². The fourth-order valence-electron chi connectivity index (χ4n) is 12.6. The summed E-state index contributed by atoms with van der Waals surface area (Å²) < 4.78 is 44.9. The van der Waals surface area contributed by atoms with E-state index in [1.54, 1.807) is 40.3 Å². The maximum atomic E-state index is 17.2. The first-order valence-electron chi connectivity index (χ1n) is 24.7. The van der Waals surface area contributed by atoms with Crippen LogP contribution in [-0.4, -0.2) is 129 Å². The fraction of sp³-hybridized carbons (Fsp3) is 0.426. The highest BCUT2D eigenvalue weighted by Crippen LogP contribution is 2.45. The molecular formula is C54H53F2N9O6. The Bertz CT molecular complexity index is 3120. The van der Waals surface area contributed by atoms with E-state index < -0.39 is 29.1 Å². The molecule has 7 aliphatic heterocycles. The van der Waals surface area contributed by atoms with Crippen LogP contribution in [0.25, 0.3) is 32.9 Å². The molecule has 6 fully saturated rings. The van der Waals surface area contributed by atoms with E-state index in [2.05, 4.69) is 44.0 Å². The molecular weight excluding hydrogens is 909 g/mol. The average molecular weight is 962 g/mol. The van der Waals surface area contributed by atoms with Gasteiger partial charge >= 0.3 is 12.1 Å². The predicted octanol–water partition coefficient (Wildman–Crippen LogP) is 6.36. The molecule has 364 valence electrons. The Balaban J connectivity index is 0.728. The van der Waals surface area contributed by atoms with Crippen molar-refractivity contribution in [3.63, 3.8) is 0 Å². The minimum atomic E-state index is -0.684. The van der Waals surface area contributed by atoms with Crippen LogP contribution in [0.15, 0.2) is 66.9 Å². The number of anilines is 1. The predicted molar refractivity (Wildman–Crippen MR) is 259 cm³/mol. The van der Waals surface area contributed by atoms with Gasteiger partial charge in [-0.3, -0.25) is 29.6 Å². The number of fused-ring (bicyclic) bond motifs is 6. The summed E-state index contributed by atoms with van der Waals surface area (Å²) in [5.41, 5.74) is 3.57. The molecule has 0 aliphatic carbocycles. The zero-order valence-corrected chi connectivity index (χ0v) is 39.2. The number of amides is 4. The van der Waals surface area contributed by atoms with Crippen molar-refractivity contribution >= 4 is 51.3 Å². The number of terminal acetylenes is 1. The van der Waals surface area contributed by atoms with Gasteiger partial charge < -0.3 is 29.5 Å². The van der Waals surface area contributed by atoms with Gasteiger partial charge in [-0.25, -0.2) is 13.6 Å². The van der Waals surface area contributed by atoms with Crippen molar-refractivity contribution < 1.29 is 37.4 Å². The first kappa shape index (κ1) is 45.1. The summed E-state index contributed by atoms with van der Waals surface area (Å²) in [4.78, 5) is 73.3. The van der Waals surface area contributed by atoms with Crippen LogP contribution in [0.4, 0.5) is 19.4 Å². The summed E-state index contributed by atoms with van der Waals surface area (Å²) >= 11 is 0. The van der Waals surface area contributed by atoms with Gasteiger partial charge in [0.25, 0.3) is 5.91 Å². The van der Waals surface area contributed by atoms with Crippen LogP contribution in [0.5, 0.6) is 6.01 Å². The number of nitrogens with one attached hydrogen (secondary N) is 2. The molecule has 1 unspecified atom stereocenters. The van der Waals surface area contributed by atoms with Crippen LogP contribution >= 0.6 is 0 Å². The number of carbonyl (C=O) groups is 4. The Labute approximate surface area is 408 Å². The van der Waals surface area contributed by atoms with E-state index in [0.717, 1.165) is 55.2 Å². The largest absolute Gasteiger partial charge is 0.461 e. The minimum absolute atomic E-state index is 0.00463. The monoisotopic (exact) mass is 961 g/mol. The second-order valence-electron chi connectivity index (χ2n) is 20.4. The molecule has 12 rings (SSSR count). The molecule has 17 heteroatoms. The Morgan fingerprint density at radius 3 is 2.56 bits per heavy atom. The summed E-state index contributed by atoms with van der Waals surface area (Å²) in [6, 6.07) is 13.9. The van der Waals surface area contributed by atoms with Gasteiger partial charge in [0, 0.05) is 86.5 Å². The molecule has 2 N–H and O–H groups in total. The lowest BCUT2D eigenvalue weighted by Gasteiger charge is -2.35. The fourth-order valence-corrected chi connectivity index (χ4v) is 12.6. The van der Waals surface area contributed by atoms with Gasteiger partial charge in [0.15, 0.2) is 5.82 Å². The second-order valence-corrected chi connectivity index (χ2v) is 20.4. The highest BCUT2D eigenvalue weighted by Gasteiger charge is 2.52. The minimum Gasteiger partial charge on any atom is -0.461 e. The number of halogens is 2. The molecule has 15 nitrogen and oxygen atoms in total. The third-order valence-electron chi connectivity index (χ3n) is 16.2. The maximum Gasteiger partial charge on any atom is 0.409 e. The molecule has 0 spiro atoms. The van der Waals surface area contributed by atoms with Crippen molar-refractivity contribution in [2.75, 3.05) is 50.8 Å². The van der Waals surface area contributed by atoms with Gasteiger partial charge in [-0.1, -0.05) is 54.5 Å². The van der Waals surface area contributed by atoms with Crippen LogP contribution in [0.1, 0.15) is 90.8 Å². The summed E-state index contributed by atoms with van der Waals surface area (Å²) in [6.07, 6.45) is 13.3. The molecule has 71 heavy (non-hydrogen) atoms. The van der Waals surface area contributed by atoms with Gasteiger partial charge in [0.1, 0.15) is 42.1 Å². The Hall–Kier alpha value is -7.03. The standard InChI is InChI=1S/C54H53F2N9O6/c1-3-38-42(55)12-8-32-5-4-6-40(45(32)38)47-46(56)48-41(23-57-47)49(63-26-35-9-10-36(27-63)58-35)61-52(60-48)71-29-54-18-15-37(65(54)24-30(2)22-54)28-70-53(69)62-19-16-31(17-20-62)33-7-11-39-34(21-33)25-64(51(39)68)43-13-14-44(66)59-50(43)67/h1,4-8,11-12,21,23,31,35-37,43,58H,2,9-10,13-20,22,24-29H2,(H,59,66,67)/t35-,36+,37-,43?,54-/m0/s1. The van der Waals surface area contributed by atoms with E-state index in [4.69, 9.17) is 25.9 Å². The number of ether oxygens (including phenoxy) is 2.